The van der Waals surface area contributed by atoms with E-state index in [0.29, 0.717) is 17.5 Å². The molecule has 7 nitrogen and oxygen atoms in total. The third-order valence-electron chi connectivity index (χ3n) is 8.27. The van der Waals surface area contributed by atoms with Gasteiger partial charge in [-0.25, -0.2) is 0 Å². The number of fused-ring (bicyclic) bond motifs is 1. The highest BCUT2D eigenvalue weighted by Crippen LogP contribution is 2.55. The fraction of sp³-hybridized carbons (Fsp3) is 0.538. The first kappa shape index (κ1) is 22.3. The van der Waals surface area contributed by atoms with E-state index in [2.05, 4.69) is 42.0 Å². The zero-order chi connectivity index (χ0) is 23.5. The van der Waals surface area contributed by atoms with Crippen LogP contribution in [0.2, 0.25) is 0 Å². The SMILES string of the molecule is COc1cc2c(cc1OC)C(CO)N1CC3CC(C)(c4cc(OC)c(OC)cc4C1C2)N3C. The zero-order valence-electron chi connectivity index (χ0n) is 20.3. The van der Waals surface area contributed by atoms with Gasteiger partial charge in [0.05, 0.1) is 41.1 Å². The van der Waals surface area contributed by atoms with Crippen LogP contribution in [0.5, 0.6) is 23.0 Å². The Kier molecular flexibility index (Phi) is 5.46. The Morgan fingerprint density at radius 1 is 0.909 bits per heavy atom. The monoisotopic (exact) mass is 454 g/mol. The molecule has 1 fully saturated rings. The van der Waals surface area contributed by atoms with E-state index in [4.69, 9.17) is 18.9 Å². The number of methoxy groups -OCH3 is 4. The minimum absolute atomic E-state index is 0.0370. The molecule has 2 aromatic carbocycles. The van der Waals surface area contributed by atoms with Crippen LogP contribution in [0.3, 0.4) is 0 Å². The lowest BCUT2D eigenvalue weighted by molar-refractivity contribution is -0.0859. The fourth-order valence-corrected chi connectivity index (χ4v) is 6.29. The molecule has 0 aliphatic carbocycles. The fourth-order valence-electron chi connectivity index (χ4n) is 6.29. The zero-order valence-corrected chi connectivity index (χ0v) is 20.3. The van der Waals surface area contributed by atoms with Crippen molar-refractivity contribution in [3.05, 3.63) is 46.5 Å². The van der Waals surface area contributed by atoms with Gasteiger partial charge in [-0.15, -0.1) is 0 Å². The van der Waals surface area contributed by atoms with Crippen molar-refractivity contribution in [2.24, 2.45) is 0 Å². The van der Waals surface area contributed by atoms with Crippen LogP contribution in [-0.2, 0) is 12.0 Å². The molecule has 6 rings (SSSR count). The van der Waals surface area contributed by atoms with Crippen molar-refractivity contribution in [3.63, 3.8) is 0 Å². The van der Waals surface area contributed by atoms with Crippen LogP contribution in [0.25, 0.3) is 0 Å². The minimum Gasteiger partial charge on any atom is -0.493 e. The molecule has 0 amide bonds. The van der Waals surface area contributed by atoms with Crippen LogP contribution in [0.4, 0.5) is 0 Å². The van der Waals surface area contributed by atoms with Gasteiger partial charge in [0.15, 0.2) is 23.0 Å². The molecule has 4 unspecified atom stereocenters. The molecule has 0 saturated carbocycles. The molecule has 4 atom stereocenters. The Morgan fingerprint density at radius 2 is 1.48 bits per heavy atom. The molecule has 0 spiro atoms. The Labute approximate surface area is 195 Å². The molecule has 2 aromatic rings. The Bertz CT molecular complexity index is 1070. The summed E-state index contributed by atoms with van der Waals surface area (Å²) in [5.74, 6) is 2.90. The van der Waals surface area contributed by atoms with E-state index in [1.807, 2.05) is 6.07 Å². The van der Waals surface area contributed by atoms with Crippen molar-refractivity contribution in [2.75, 3.05) is 48.6 Å². The normalized spacial score (nSPS) is 28.4. The Morgan fingerprint density at radius 3 is 2.06 bits per heavy atom. The smallest absolute Gasteiger partial charge is 0.161 e. The highest BCUT2D eigenvalue weighted by Gasteiger charge is 2.53. The summed E-state index contributed by atoms with van der Waals surface area (Å²) in [6, 6.07) is 8.81. The summed E-state index contributed by atoms with van der Waals surface area (Å²) in [5, 5.41) is 10.6. The maximum atomic E-state index is 10.6. The Hall–Kier alpha value is -2.48. The average Bonchev–Trinajstić information content (AvgIpc) is 2.84. The van der Waals surface area contributed by atoms with E-state index in [9.17, 15) is 5.11 Å². The summed E-state index contributed by atoms with van der Waals surface area (Å²) in [4.78, 5) is 4.94. The average molecular weight is 455 g/mol. The number of rotatable bonds is 5. The van der Waals surface area contributed by atoms with Gasteiger partial charge in [0.25, 0.3) is 0 Å². The molecule has 4 aliphatic heterocycles. The van der Waals surface area contributed by atoms with Gasteiger partial charge in [-0.2, -0.15) is 0 Å². The molecule has 4 aliphatic rings. The van der Waals surface area contributed by atoms with Crippen molar-refractivity contribution < 1.29 is 24.1 Å². The molecular weight excluding hydrogens is 420 g/mol. The predicted molar refractivity (Wildman–Crippen MR) is 126 cm³/mol. The number of ether oxygens (including phenoxy) is 4. The molecule has 178 valence electrons. The molecular formula is C26H34N2O5. The minimum atomic E-state index is -0.127. The maximum absolute atomic E-state index is 10.6. The second-order valence-electron chi connectivity index (χ2n) is 9.56. The van der Waals surface area contributed by atoms with Gasteiger partial charge in [0, 0.05) is 24.2 Å². The molecule has 7 heteroatoms. The predicted octanol–water partition coefficient (Wildman–Crippen LogP) is 3.29. The summed E-state index contributed by atoms with van der Waals surface area (Å²) in [5.41, 5.74) is 4.74. The summed E-state index contributed by atoms with van der Waals surface area (Å²) < 4.78 is 22.6. The third-order valence-corrected chi connectivity index (χ3v) is 8.27. The number of likely N-dealkylation sites (N-methyl/N-ethyl adjacent to an activating group) is 1. The topological polar surface area (TPSA) is 63.6 Å². The van der Waals surface area contributed by atoms with Crippen LogP contribution in [-0.4, -0.2) is 69.6 Å². The van der Waals surface area contributed by atoms with Crippen LogP contribution in [0, 0.1) is 0 Å². The Balaban J connectivity index is 1.72. The molecule has 1 saturated heterocycles. The highest BCUT2D eigenvalue weighted by molar-refractivity contribution is 5.55. The van der Waals surface area contributed by atoms with Gasteiger partial charge < -0.3 is 24.1 Å². The van der Waals surface area contributed by atoms with E-state index in [1.54, 1.807) is 28.4 Å². The molecule has 33 heavy (non-hydrogen) atoms. The molecule has 4 heterocycles. The van der Waals surface area contributed by atoms with Crippen LogP contribution in [0.15, 0.2) is 24.3 Å². The van der Waals surface area contributed by atoms with E-state index in [1.165, 1.54) is 16.7 Å². The van der Waals surface area contributed by atoms with E-state index < -0.39 is 0 Å². The molecule has 1 N–H and O–H groups in total. The van der Waals surface area contributed by atoms with Gasteiger partial charge in [0.2, 0.25) is 0 Å². The standard InChI is InChI=1S/C26H34N2O5/c1-26-12-16(27(26)2)13-28-20(18-10-24(32-5)25(33-6)11-19(18)26)7-15-8-22(30-3)23(31-4)9-17(15)21(28)14-29/h8-11,16,20-21,29H,7,12-14H2,1-6H3. The maximum Gasteiger partial charge on any atom is 0.161 e. The quantitative estimate of drug-likeness (QED) is 0.744. The van der Waals surface area contributed by atoms with Crippen molar-refractivity contribution >= 4 is 0 Å². The highest BCUT2D eigenvalue weighted by atomic mass is 16.5. The second kappa shape index (κ2) is 8.08. The lowest BCUT2D eigenvalue weighted by Gasteiger charge is -2.61. The summed E-state index contributed by atoms with van der Waals surface area (Å²) in [6.45, 7) is 3.25. The largest absolute Gasteiger partial charge is 0.493 e. The summed E-state index contributed by atoms with van der Waals surface area (Å²) in [6.07, 6.45) is 1.88. The number of nitrogens with zero attached hydrogens (tertiary/aromatic N) is 2. The number of benzene rings is 2. The van der Waals surface area contributed by atoms with Crippen molar-refractivity contribution in [3.8, 4) is 23.0 Å². The first-order valence-electron chi connectivity index (χ1n) is 11.5. The number of hydrogen-bond acceptors (Lipinski definition) is 7. The van der Waals surface area contributed by atoms with Crippen LogP contribution in [0.1, 0.15) is 47.7 Å². The van der Waals surface area contributed by atoms with Crippen molar-refractivity contribution in [2.45, 2.75) is 43.4 Å². The first-order valence-corrected chi connectivity index (χ1v) is 11.5. The second-order valence-corrected chi connectivity index (χ2v) is 9.56. The lowest BCUT2D eigenvalue weighted by atomic mass is 9.69. The van der Waals surface area contributed by atoms with Gasteiger partial charge >= 0.3 is 0 Å². The number of aliphatic hydroxyl groups excluding tert-OH is 1. The van der Waals surface area contributed by atoms with Gasteiger partial charge in [-0.1, -0.05) is 0 Å². The molecule has 0 radical (unpaired) electrons. The number of aliphatic hydroxyl groups is 1. The first-order chi connectivity index (χ1) is 15.9. The van der Waals surface area contributed by atoms with E-state index in [-0.39, 0.29) is 24.2 Å². The molecule has 0 aromatic heterocycles. The van der Waals surface area contributed by atoms with Gasteiger partial charge in [0.1, 0.15) is 0 Å². The number of hydrogen-bond donors (Lipinski definition) is 1. The third kappa shape index (κ3) is 3.13. The van der Waals surface area contributed by atoms with E-state index in [0.717, 1.165) is 36.4 Å². The van der Waals surface area contributed by atoms with E-state index >= 15 is 0 Å². The van der Waals surface area contributed by atoms with Crippen LogP contribution < -0.4 is 18.9 Å². The molecule has 2 bridgehead atoms. The summed E-state index contributed by atoms with van der Waals surface area (Å²) in [7, 11) is 8.89. The van der Waals surface area contributed by atoms with Crippen LogP contribution >= 0.6 is 0 Å². The van der Waals surface area contributed by atoms with Crippen molar-refractivity contribution in [1.29, 1.82) is 0 Å². The lowest BCUT2D eigenvalue weighted by Crippen LogP contribution is -2.66. The summed E-state index contributed by atoms with van der Waals surface area (Å²) >= 11 is 0. The van der Waals surface area contributed by atoms with Crippen molar-refractivity contribution in [1.82, 2.24) is 9.80 Å². The van der Waals surface area contributed by atoms with Gasteiger partial charge in [-0.3, -0.25) is 9.80 Å². The van der Waals surface area contributed by atoms with Gasteiger partial charge in [-0.05, 0) is 73.3 Å².